The molecular formula is C12H14FN3O2. The zero-order valence-electron chi connectivity index (χ0n) is 10.0. The highest BCUT2D eigenvalue weighted by Crippen LogP contribution is 2.14. The lowest BCUT2D eigenvalue weighted by atomic mass is 10.1. The molecule has 0 aliphatic carbocycles. The fraction of sp³-hybridized carbons (Fsp3) is 0.417. The first-order valence-electron chi connectivity index (χ1n) is 5.69. The maximum Gasteiger partial charge on any atom is 0.252 e. The van der Waals surface area contributed by atoms with Gasteiger partial charge in [0.15, 0.2) is 0 Å². The lowest BCUT2D eigenvalue weighted by molar-refractivity contribution is -0.126. The van der Waals surface area contributed by atoms with Crippen LogP contribution in [0.15, 0.2) is 18.5 Å². The molecule has 0 unspecified atom stereocenters. The molecule has 6 heteroatoms. The second kappa shape index (κ2) is 5.12. The number of carbonyl (C=O) groups excluding carboxylic acids is 2. The van der Waals surface area contributed by atoms with Crippen LogP contribution in [0.2, 0.25) is 0 Å². The number of likely N-dealkylation sites (tertiary alicyclic amines) is 1. The van der Waals surface area contributed by atoms with E-state index in [0.717, 1.165) is 12.3 Å². The summed E-state index contributed by atoms with van der Waals surface area (Å²) in [5.41, 5.74) is 0.188. The van der Waals surface area contributed by atoms with Gasteiger partial charge < -0.3 is 10.2 Å². The number of aromatic nitrogens is 1. The van der Waals surface area contributed by atoms with Gasteiger partial charge in [0.05, 0.1) is 11.8 Å². The fourth-order valence-corrected chi connectivity index (χ4v) is 1.97. The van der Waals surface area contributed by atoms with Crippen molar-refractivity contribution in [2.75, 3.05) is 20.1 Å². The third-order valence-corrected chi connectivity index (χ3v) is 2.94. The van der Waals surface area contributed by atoms with E-state index in [-0.39, 0.29) is 23.3 Å². The Morgan fingerprint density at radius 3 is 3.00 bits per heavy atom. The summed E-state index contributed by atoms with van der Waals surface area (Å²) >= 11 is 0. The van der Waals surface area contributed by atoms with Gasteiger partial charge >= 0.3 is 0 Å². The minimum Gasteiger partial charge on any atom is -0.352 e. The summed E-state index contributed by atoms with van der Waals surface area (Å²) in [6, 6.07) is 1.13. The first-order chi connectivity index (χ1) is 8.56. The summed E-state index contributed by atoms with van der Waals surface area (Å²) in [5.74, 6) is -0.711. The Kier molecular flexibility index (Phi) is 3.55. The van der Waals surface area contributed by atoms with E-state index >= 15 is 0 Å². The van der Waals surface area contributed by atoms with Gasteiger partial charge in [-0.05, 0) is 6.07 Å². The lowest BCUT2D eigenvalue weighted by Crippen LogP contribution is -2.30. The molecule has 0 bridgehead atoms. The third kappa shape index (κ3) is 2.82. The second-order valence-electron chi connectivity index (χ2n) is 4.45. The standard InChI is InChI=1S/C12H14FN3O2/c1-16-7-8(2-11(16)17)4-15-12(18)9-3-10(13)6-14-5-9/h3,5-6,8H,2,4,7H2,1H3,(H,15,18)/t8-/m0/s1. The Labute approximate surface area is 104 Å². The predicted octanol–water partition coefficient (Wildman–Crippen LogP) is 0.429. The topological polar surface area (TPSA) is 62.3 Å². The van der Waals surface area contributed by atoms with Gasteiger partial charge in [-0.1, -0.05) is 0 Å². The number of pyridine rings is 1. The van der Waals surface area contributed by atoms with Crippen molar-refractivity contribution in [3.8, 4) is 0 Å². The molecule has 2 heterocycles. The van der Waals surface area contributed by atoms with E-state index in [2.05, 4.69) is 10.3 Å². The average Bonchev–Trinajstić information content (AvgIpc) is 2.66. The van der Waals surface area contributed by atoms with Crippen molar-refractivity contribution in [1.29, 1.82) is 0 Å². The van der Waals surface area contributed by atoms with Crippen LogP contribution in [0.3, 0.4) is 0 Å². The molecule has 1 aliphatic heterocycles. The molecule has 18 heavy (non-hydrogen) atoms. The number of rotatable bonds is 3. The molecule has 2 amide bonds. The molecule has 0 radical (unpaired) electrons. The smallest absolute Gasteiger partial charge is 0.252 e. The number of hydrogen-bond donors (Lipinski definition) is 1. The fourth-order valence-electron chi connectivity index (χ4n) is 1.97. The Morgan fingerprint density at radius 1 is 1.61 bits per heavy atom. The van der Waals surface area contributed by atoms with Gasteiger partial charge in [-0.15, -0.1) is 0 Å². The van der Waals surface area contributed by atoms with Crippen LogP contribution < -0.4 is 5.32 Å². The first kappa shape index (κ1) is 12.5. The molecule has 1 fully saturated rings. The van der Waals surface area contributed by atoms with Crippen LogP contribution in [0.1, 0.15) is 16.8 Å². The highest BCUT2D eigenvalue weighted by Gasteiger charge is 2.26. The number of carbonyl (C=O) groups is 2. The number of hydrogen-bond acceptors (Lipinski definition) is 3. The van der Waals surface area contributed by atoms with E-state index in [0.29, 0.717) is 19.5 Å². The van der Waals surface area contributed by atoms with Crippen LogP contribution in [-0.4, -0.2) is 41.8 Å². The maximum absolute atomic E-state index is 12.9. The van der Waals surface area contributed by atoms with Crippen LogP contribution >= 0.6 is 0 Å². The normalized spacial score (nSPS) is 19.1. The molecule has 2 rings (SSSR count). The van der Waals surface area contributed by atoms with E-state index in [1.807, 2.05) is 0 Å². The monoisotopic (exact) mass is 251 g/mol. The van der Waals surface area contributed by atoms with Crippen molar-refractivity contribution >= 4 is 11.8 Å². The second-order valence-corrected chi connectivity index (χ2v) is 4.45. The average molecular weight is 251 g/mol. The van der Waals surface area contributed by atoms with Crippen molar-refractivity contribution in [2.45, 2.75) is 6.42 Å². The Bertz CT molecular complexity index is 478. The van der Waals surface area contributed by atoms with E-state index < -0.39 is 5.82 Å². The van der Waals surface area contributed by atoms with E-state index in [1.165, 1.54) is 6.20 Å². The van der Waals surface area contributed by atoms with Crippen LogP contribution in [0, 0.1) is 11.7 Å². The minimum atomic E-state index is -0.543. The van der Waals surface area contributed by atoms with Gasteiger partial charge in [0, 0.05) is 38.7 Å². The van der Waals surface area contributed by atoms with Gasteiger partial charge in [-0.2, -0.15) is 0 Å². The minimum absolute atomic E-state index is 0.0849. The van der Waals surface area contributed by atoms with Crippen molar-refractivity contribution in [3.63, 3.8) is 0 Å². The molecule has 1 aromatic rings. The SMILES string of the molecule is CN1C[C@H](CNC(=O)c2cncc(F)c2)CC1=O. The summed E-state index contributed by atoms with van der Waals surface area (Å²) in [6.45, 7) is 1.05. The summed E-state index contributed by atoms with van der Waals surface area (Å²) in [5, 5.41) is 2.68. The zero-order valence-corrected chi connectivity index (χ0v) is 10.0. The Morgan fingerprint density at radius 2 is 2.39 bits per heavy atom. The van der Waals surface area contributed by atoms with Crippen molar-refractivity contribution in [1.82, 2.24) is 15.2 Å². The van der Waals surface area contributed by atoms with Gasteiger partial charge in [-0.25, -0.2) is 4.39 Å². The van der Waals surface area contributed by atoms with Gasteiger partial charge in [0.1, 0.15) is 5.82 Å². The summed E-state index contributed by atoms with van der Waals surface area (Å²) < 4.78 is 12.9. The highest BCUT2D eigenvalue weighted by atomic mass is 19.1. The van der Waals surface area contributed by atoms with Crippen molar-refractivity contribution < 1.29 is 14.0 Å². The summed E-state index contributed by atoms with van der Waals surface area (Å²) in [4.78, 5) is 28.2. The maximum atomic E-state index is 12.9. The number of nitrogens with zero attached hydrogens (tertiary/aromatic N) is 2. The quantitative estimate of drug-likeness (QED) is 0.847. The number of halogens is 1. The zero-order chi connectivity index (χ0) is 13.1. The molecule has 1 N–H and O–H groups in total. The van der Waals surface area contributed by atoms with Crippen LogP contribution in [0.4, 0.5) is 4.39 Å². The Balaban J connectivity index is 1.87. The highest BCUT2D eigenvalue weighted by molar-refractivity contribution is 5.93. The van der Waals surface area contributed by atoms with E-state index in [9.17, 15) is 14.0 Å². The van der Waals surface area contributed by atoms with E-state index in [4.69, 9.17) is 0 Å². The predicted molar refractivity (Wildman–Crippen MR) is 62.3 cm³/mol. The van der Waals surface area contributed by atoms with Crippen molar-refractivity contribution in [2.24, 2.45) is 5.92 Å². The first-order valence-corrected chi connectivity index (χ1v) is 5.69. The lowest BCUT2D eigenvalue weighted by Gasteiger charge is -2.11. The number of amides is 2. The largest absolute Gasteiger partial charge is 0.352 e. The Hall–Kier alpha value is -1.98. The molecular weight excluding hydrogens is 237 g/mol. The summed E-state index contributed by atoms with van der Waals surface area (Å²) in [7, 11) is 1.74. The van der Waals surface area contributed by atoms with E-state index in [1.54, 1.807) is 11.9 Å². The van der Waals surface area contributed by atoms with Crippen LogP contribution in [0.25, 0.3) is 0 Å². The summed E-state index contributed by atoms with van der Waals surface area (Å²) in [6.07, 6.45) is 2.80. The molecule has 96 valence electrons. The van der Waals surface area contributed by atoms with Gasteiger partial charge in [0.2, 0.25) is 5.91 Å². The molecule has 0 saturated carbocycles. The molecule has 1 atom stereocenters. The molecule has 5 nitrogen and oxygen atoms in total. The molecule has 1 aliphatic rings. The molecule has 0 aromatic carbocycles. The van der Waals surface area contributed by atoms with Crippen LogP contribution in [0.5, 0.6) is 0 Å². The van der Waals surface area contributed by atoms with Gasteiger partial charge in [0.25, 0.3) is 5.91 Å². The van der Waals surface area contributed by atoms with Gasteiger partial charge in [-0.3, -0.25) is 14.6 Å². The number of nitrogens with one attached hydrogen (secondary N) is 1. The van der Waals surface area contributed by atoms with Crippen LogP contribution in [-0.2, 0) is 4.79 Å². The molecule has 1 saturated heterocycles. The molecule has 1 aromatic heterocycles. The molecule has 0 spiro atoms. The third-order valence-electron chi connectivity index (χ3n) is 2.94. The van der Waals surface area contributed by atoms with Crippen molar-refractivity contribution in [3.05, 3.63) is 29.8 Å².